The Labute approximate surface area is 129 Å². The molecule has 5 nitrogen and oxygen atoms in total. The molecule has 2 aliphatic rings. The van der Waals surface area contributed by atoms with Crippen molar-refractivity contribution in [3.8, 4) is 0 Å². The highest BCUT2D eigenvalue weighted by molar-refractivity contribution is 7.89. The maximum atomic E-state index is 13.1. The molecule has 1 fully saturated rings. The number of nitrogens with zero attached hydrogens (tertiary/aromatic N) is 2. The molecule has 4 rings (SSSR count). The van der Waals surface area contributed by atoms with Crippen molar-refractivity contribution >= 4 is 20.8 Å². The van der Waals surface area contributed by atoms with Gasteiger partial charge in [0.25, 0.3) is 0 Å². The number of hydrogen-bond donors (Lipinski definition) is 1. The third-order valence-electron chi connectivity index (χ3n) is 4.51. The largest absolute Gasteiger partial charge is 0.390 e. The first-order valence-electron chi connectivity index (χ1n) is 7.33. The van der Waals surface area contributed by atoms with Crippen LogP contribution in [0, 0.1) is 12.8 Å². The van der Waals surface area contributed by atoms with Gasteiger partial charge in [-0.05, 0) is 30.3 Å². The maximum Gasteiger partial charge on any atom is 0.244 e. The average Bonchev–Trinajstić information content (AvgIpc) is 3.08. The lowest BCUT2D eigenvalue weighted by atomic mass is 10.1. The Morgan fingerprint density at radius 2 is 2.18 bits per heavy atom. The molecule has 0 unspecified atom stereocenters. The first kappa shape index (κ1) is 13.7. The summed E-state index contributed by atoms with van der Waals surface area (Å²) in [4.78, 5) is 4.54. The number of nitrogens with one attached hydrogen (secondary N) is 1. The third-order valence-corrected chi connectivity index (χ3v) is 6.37. The molecular formula is C16H17N3O2S. The minimum absolute atomic E-state index is 0.313. The number of aromatic nitrogens is 1. The van der Waals surface area contributed by atoms with Gasteiger partial charge in [-0.3, -0.25) is 4.98 Å². The summed E-state index contributed by atoms with van der Waals surface area (Å²) in [6.07, 6.45) is 5.39. The molecule has 1 atom stereocenters. The number of rotatable bonds is 2. The van der Waals surface area contributed by atoms with Crippen LogP contribution >= 0.6 is 0 Å². The van der Waals surface area contributed by atoms with E-state index in [1.807, 2.05) is 19.2 Å². The smallest absolute Gasteiger partial charge is 0.244 e. The summed E-state index contributed by atoms with van der Waals surface area (Å²) in [6, 6.07) is 5.39. The molecular weight excluding hydrogens is 298 g/mol. The molecule has 1 N–H and O–H groups in total. The zero-order chi connectivity index (χ0) is 15.3. The molecule has 0 spiro atoms. The van der Waals surface area contributed by atoms with E-state index in [0.29, 0.717) is 23.9 Å². The van der Waals surface area contributed by atoms with Crippen molar-refractivity contribution in [2.24, 2.45) is 5.92 Å². The predicted octanol–water partition coefficient (Wildman–Crippen LogP) is 1.65. The SMILES string of the molecule is Cc1cncc2cccc(S(=O)(=O)N3CC4=CNC[C@H]4C3)c12. The van der Waals surface area contributed by atoms with Crippen LogP contribution in [0.4, 0.5) is 0 Å². The van der Waals surface area contributed by atoms with Gasteiger partial charge in [-0.1, -0.05) is 12.1 Å². The lowest BCUT2D eigenvalue weighted by Crippen LogP contribution is -2.30. The predicted molar refractivity (Wildman–Crippen MR) is 84.8 cm³/mol. The highest BCUT2D eigenvalue weighted by Gasteiger charge is 2.38. The molecule has 0 radical (unpaired) electrons. The Kier molecular flexibility index (Phi) is 2.99. The summed E-state index contributed by atoms with van der Waals surface area (Å²) < 4.78 is 27.8. The molecule has 1 aromatic heterocycles. The van der Waals surface area contributed by atoms with Gasteiger partial charge in [0.15, 0.2) is 0 Å². The van der Waals surface area contributed by atoms with Crippen molar-refractivity contribution in [1.82, 2.24) is 14.6 Å². The summed E-state index contributed by atoms with van der Waals surface area (Å²) in [5.74, 6) is 0.313. The molecule has 0 aliphatic carbocycles. The van der Waals surface area contributed by atoms with Crippen LogP contribution in [-0.2, 0) is 10.0 Å². The van der Waals surface area contributed by atoms with Crippen molar-refractivity contribution in [1.29, 1.82) is 0 Å². The molecule has 1 aromatic carbocycles. The standard InChI is InChI=1S/C16H17N3O2S/c1-11-5-17-6-12-3-2-4-15(16(11)12)22(20,21)19-9-13-7-18-8-14(13)10-19/h2-7,14,18H,8-10H2,1H3/t14-/m0/s1. The maximum absolute atomic E-state index is 13.1. The molecule has 0 amide bonds. The van der Waals surface area contributed by atoms with Gasteiger partial charge in [-0.2, -0.15) is 4.31 Å². The van der Waals surface area contributed by atoms with Crippen LogP contribution < -0.4 is 5.32 Å². The minimum Gasteiger partial charge on any atom is -0.390 e. The molecule has 0 saturated carbocycles. The highest BCUT2D eigenvalue weighted by atomic mass is 32.2. The molecule has 2 aromatic rings. The monoisotopic (exact) mass is 315 g/mol. The Morgan fingerprint density at radius 1 is 1.32 bits per heavy atom. The van der Waals surface area contributed by atoms with Crippen molar-refractivity contribution in [3.05, 3.63) is 47.9 Å². The zero-order valence-corrected chi connectivity index (χ0v) is 13.1. The van der Waals surface area contributed by atoms with Gasteiger partial charge in [0.05, 0.1) is 4.90 Å². The van der Waals surface area contributed by atoms with Gasteiger partial charge in [0.1, 0.15) is 0 Å². The second kappa shape index (κ2) is 4.79. The minimum atomic E-state index is -3.49. The van der Waals surface area contributed by atoms with Gasteiger partial charge in [0.2, 0.25) is 10.0 Å². The van der Waals surface area contributed by atoms with Crippen LogP contribution in [0.5, 0.6) is 0 Å². The van der Waals surface area contributed by atoms with Gasteiger partial charge in [-0.15, -0.1) is 0 Å². The van der Waals surface area contributed by atoms with E-state index in [1.165, 1.54) is 5.57 Å². The van der Waals surface area contributed by atoms with E-state index >= 15 is 0 Å². The number of aryl methyl sites for hydroxylation is 1. The third kappa shape index (κ3) is 1.94. The highest BCUT2D eigenvalue weighted by Crippen LogP contribution is 2.33. The van der Waals surface area contributed by atoms with Crippen LogP contribution in [0.2, 0.25) is 0 Å². The summed E-state index contributed by atoms with van der Waals surface area (Å²) in [5, 5.41) is 4.82. The van der Waals surface area contributed by atoms with E-state index in [0.717, 1.165) is 22.9 Å². The topological polar surface area (TPSA) is 62.3 Å². The van der Waals surface area contributed by atoms with Crippen LogP contribution in [0.25, 0.3) is 10.8 Å². The normalized spacial score (nSPS) is 21.7. The fourth-order valence-electron chi connectivity index (χ4n) is 3.36. The summed E-state index contributed by atoms with van der Waals surface area (Å²) >= 11 is 0. The Bertz CT molecular complexity index is 884. The van der Waals surface area contributed by atoms with Gasteiger partial charge in [-0.25, -0.2) is 8.42 Å². The van der Waals surface area contributed by atoms with E-state index in [9.17, 15) is 8.42 Å². The molecule has 6 heteroatoms. The fraction of sp³-hybridized carbons (Fsp3) is 0.312. The number of benzene rings is 1. The Hall–Kier alpha value is -1.92. The summed E-state index contributed by atoms with van der Waals surface area (Å²) in [6.45, 7) is 3.78. The van der Waals surface area contributed by atoms with E-state index < -0.39 is 10.0 Å². The van der Waals surface area contributed by atoms with Gasteiger partial charge < -0.3 is 5.32 Å². The van der Waals surface area contributed by atoms with Crippen molar-refractivity contribution in [3.63, 3.8) is 0 Å². The molecule has 3 heterocycles. The molecule has 22 heavy (non-hydrogen) atoms. The van der Waals surface area contributed by atoms with E-state index in [1.54, 1.807) is 28.8 Å². The van der Waals surface area contributed by atoms with Crippen LogP contribution in [0.1, 0.15) is 5.56 Å². The zero-order valence-electron chi connectivity index (χ0n) is 12.3. The van der Waals surface area contributed by atoms with E-state index in [2.05, 4.69) is 10.3 Å². The van der Waals surface area contributed by atoms with Crippen LogP contribution in [-0.4, -0.2) is 37.3 Å². The summed E-state index contributed by atoms with van der Waals surface area (Å²) in [7, 11) is -3.49. The fourth-order valence-corrected chi connectivity index (χ4v) is 5.12. The lowest BCUT2D eigenvalue weighted by molar-refractivity contribution is 0.455. The van der Waals surface area contributed by atoms with Crippen molar-refractivity contribution in [2.75, 3.05) is 19.6 Å². The Balaban J connectivity index is 1.85. The second-order valence-electron chi connectivity index (χ2n) is 5.93. The molecule has 0 bridgehead atoms. The number of pyridine rings is 1. The van der Waals surface area contributed by atoms with Gasteiger partial charge in [0, 0.05) is 48.7 Å². The van der Waals surface area contributed by atoms with Crippen molar-refractivity contribution in [2.45, 2.75) is 11.8 Å². The lowest BCUT2D eigenvalue weighted by Gasteiger charge is -2.18. The average molecular weight is 315 g/mol. The molecule has 114 valence electrons. The summed E-state index contributed by atoms with van der Waals surface area (Å²) in [5.41, 5.74) is 2.07. The molecule has 1 saturated heterocycles. The first-order chi connectivity index (χ1) is 10.6. The number of hydrogen-bond acceptors (Lipinski definition) is 4. The van der Waals surface area contributed by atoms with E-state index in [-0.39, 0.29) is 0 Å². The van der Waals surface area contributed by atoms with Crippen LogP contribution in [0.3, 0.4) is 0 Å². The van der Waals surface area contributed by atoms with E-state index in [4.69, 9.17) is 0 Å². The van der Waals surface area contributed by atoms with Crippen molar-refractivity contribution < 1.29 is 8.42 Å². The molecule has 2 aliphatic heterocycles. The quantitative estimate of drug-likeness (QED) is 0.915. The number of fused-ring (bicyclic) bond motifs is 2. The Morgan fingerprint density at radius 3 is 3.00 bits per heavy atom. The van der Waals surface area contributed by atoms with Gasteiger partial charge >= 0.3 is 0 Å². The first-order valence-corrected chi connectivity index (χ1v) is 8.77. The second-order valence-corrected chi connectivity index (χ2v) is 7.84. The van der Waals surface area contributed by atoms with Crippen LogP contribution in [0.15, 0.2) is 47.3 Å². The number of sulfonamides is 1.